The lowest BCUT2D eigenvalue weighted by atomic mass is 9.96. The molecule has 0 saturated heterocycles. The number of halogens is 1. The second-order valence-electron chi connectivity index (χ2n) is 4.60. The minimum atomic E-state index is 0.247. The summed E-state index contributed by atoms with van der Waals surface area (Å²) < 4.78 is 1.20. The molecule has 18 heavy (non-hydrogen) atoms. The van der Waals surface area contributed by atoms with Gasteiger partial charge >= 0.3 is 0 Å². The van der Waals surface area contributed by atoms with Crippen LogP contribution in [0.3, 0.4) is 0 Å². The van der Waals surface area contributed by atoms with Crippen LogP contribution in [-0.2, 0) is 0 Å². The van der Waals surface area contributed by atoms with Crippen molar-refractivity contribution in [2.75, 3.05) is 7.05 Å². The summed E-state index contributed by atoms with van der Waals surface area (Å²) in [5.41, 5.74) is 5.16. The minimum Gasteiger partial charge on any atom is -0.309 e. The normalized spacial score (nSPS) is 12.4. The Balaban J connectivity index is 2.46. The molecule has 1 atom stereocenters. The van der Waals surface area contributed by atoms with Gasteiger partial charge in [0, 0.05) is 4.47 Å². The Morgan fingerprint density at radius 3 is 2.00 bits per heavy atom. The zero-order valence-corrected chi connectivity index (χ0v) is 12.6. The summed E-state index contributed by atoms with van der Waals surface area (Å²) in [6.45, 7) is 4.27. The van der Waals surface area contributed by atoms with Crippen molar-refractivity contribution < 1.29 is 0 Å². The summed E-state index contributed by atoms with van der Waals surface area (Å²) in [4.78, 5) is 0. The lowest BCUT2D eigenvalue weighted by molar-refractivity contribution is 0.690. The molecular formula is C16H18BrN. The molecule has 94 valence electrons. The molecule has 0 fully saturated rings. The van der Waals surface area contributed by atoms with E-state index in [-0.39, 0.29) is 6.04 Å². The molecule has 0 bridgehead atoms. The van der Waals surface area contributed by atoms with E-state index in [9.17, 15) is 0 Å². The predicted molar refractivity (Wildman–Crippen MR) is 81.0 cm³/mol. The number of aryl methyl sites for hydroxylation is 2. The molecule has 0 spiro atoms. The van der Waals surface area contributed by atoms with Gasteiger partial charge in [-0.3, -0.25) is 0 Å². The third-order valence-electron chi connectivity index (χ3n) is 3.21. The van der Waals surface area contributed by atoms with E-state index in [2.05, 4.69) is 71.5 Å². The Hall–Kier alpha value is -1.12. The summed E-state index contributed by atoms with van der Waals surface area (Å²) in [5, 5.41) is 3.39. The molecule has 0 aromatic heterocycles. The monoisotopic (exact) mass is 303 g/mol. The van der Waals surface area contributed by atoms with Crippen LogP contribution >= 0.6 is 15.9 Å². The molecule has 0 saturated carbocycles. The lowest BCUT2D eigenvalue weighted by Gasteiger charge is -2.19. The molecule has 2 rings (SSSR count). The van der Waals surface area contributed by atoms with Crippen molar-refractivity contribution in [1.82, 2.24) is 5.32 Å². The van der Waals surface area contributed by atoms with Crippen LogP contribution in [0.1, 0.15) is 28.3 Å². The van der Waals surface area contributed by atoms with E-state index >= 15 is 0 Å². The molecule has 0 amide bonds. The van der Waals surface area contributed by atoms with E-state index in [1.807, 2.05) is 13.1 Å². The molecule has 1 unspecified atom stereocenters. The number of hydrogen-bond acceptors (Lipinski definition) is 1. The Morgan fingerprint density at radius 1 is 0.944 bits per heavy atom. The van der Waals surface area contributed by atoms with E-state index in [0.717, 1.165) is 0 Å². The number of rotatable bonds is 3. The van der Waals surface area contributed by atoms with Gasteiger partial charge in [0.1, 0.15) is 0 Å². The molecule has 2 heteroatoms. The summed E-state index contributed by atoms with van der Waals surface area (Å²) in [5.74, 6) is 0. The summed E-state index contributed by atoms with van der Waals surface area (Å²) in [6, 6.07) is 15.3. The summed E-state index contributed by atoms with van der Waals surface area (Å²) in [6.07, 6.45) is 0. The van der Waals surface area contributed by atoms with Gasteiger partial charge in [0.15, 0.2) is 0 Å². The third kappa shape index (κ3) is 2.65. The van der Waals surface area contributed by atoms with Crippen LogP contribution in [0.25, 0.3) is 0 Å². The molecule has 0 radical (unpaired) electrons. The summed E-state index contributed by atoms with van der Waals surface area (Å²) >= 11 is 3.62. The minimum absolute atomic E-state index is 0.247. The molecule has 0 heterocycles. The number of hydrogen-bond donors (Lipinski definition) is 1. The SMILES string of the molecule is CNC(c1ccccc1)c1cc(C)c(Br)c(C)c1. The highest BCUT2D eigenvalue weighted by Gasteiger charge is 2.13. The fraction of sp³-hybridized carbons (Fsp3) is 0.250. The quantitative estimate of drug-likeness (QED) is 0.887. The van der Waals surface area contributed by atoms with Crippen LogP contribution in [0.4, 0.5) is 0 Å². The van der Waals surface area contributed by atoms with E-state index < -0.39 is 0 Å². The molecule has 2 aromatic carbocycles. The first kappa shape index (κ1) is 13.3. The van der Waals surface area contributed by atoms with Crippen LogP contribution < -0.4 is 5.32 Å². The maximum Gasteiger partial charge on any atom is 0.0574 e. The molecule has 2 aromatic rings. The first-order valence-electron chi connectivity index (χ1n) is 6.12. The van der Waals surface area contributed by atoms with Gasteiger partial charge in [0.2, 0.25) is 0 Å². The summed E-state index contributed by atoms with van der Waals surface area (Å²) in [7, 11) is 2.00. The van der Waals surface area contributed by atoms with Crippen molar-refractivity contribution in [1.29, 1.82) is 0 Å². The second-order valence-corrected chi connectivity index (χ2v) is 5.39. The highest BCUT2D eigenvalue weighted by molar-refractivity contribution is 9.10. The predicted octanol–water partition coefficient (Wildman–Crippen LogP) is 4.37. The van der Waals surface area contributed by atoms with Gasteiger partial charge in [-0.2, -0.15) is 0 Å². The topological polar surface area (TPSA) is 12.0 Å². The van der Waals surface area contributed by atoms with Gasteiger partial charge in [-0.1, -0.05) is 58.4 Å². The first-order valence-corrected chi connectivity index (χ1v) is 6.91. The molecule has 1 nitrogen and oxygen atoms in total. The second kappa shape index (κ2) is 5.68. The van der Waals surface area contributed by atoms with Gasteiger partial charge < -0.3 is 5.32 Å². The molecule has 0 aliphatic carbocycles. The standard InChI is InChI=1S/C16H18BrN/c1-11-9-14(10-12(2)15(11)17)16(18-3)13-7-5-4-6-8-13/h4-10,16,18H,1-3H3. The number of benzene rings is 2. The van der Waals surface area contributed by atoms with Crippen LogP contribution in [0, 0.1) is 13.8 Å². The Labute approximate surface area is 117 Å². The Kier molecular flexibility index (Phi) is 4.20. The van der Waals surface area contributed by atoms with Crippen molar-refractivity contribution in [3.05, 3.63) is 69.2 Å². The fourth-order valence-corrected chi connectivity index (χ4v) is 2.55. The fourth-order valence-electron chi connectivity index (χ4n) is 2.32. The van der Waals surface area contributed by atoms with Crippen LogP contribution in [0.5, 0.6) is 0 Å². The zero-order chi connectivity index (χ0) is 13.1. The van der Waals surface area contributed by atoms with Crippen molar-refractivity contribution in [3.63, 3.8) is 0 Å². The maximum absolute atomic E-state index is 3.62. The van der Waals surface area contributed by atoms with Gasteiger partial charge in [-0.25, -0.2) is 0 Å². The van der Waals surface area contributed by atoms with Crippen LogP contribution in [0.15, 0.2) is 46.9 Å². The van der Waals surface area contributed by atoms with Crippen molar-refractivity contribution >= 4 is 15.9 Å². The average molecular weight is 304 g/mol. The van der Waals surface area contributed by atoms with Gasteiger partial charge in [0.25, 0.3) is 0 Å². The number of nitrogens with one attached hydrogen (secondary N) is 1. The van der Waals surface area contributed by atoms with E-state index in [0.29, 0.717) is 0 Å². The smallest absolute Gasteiger partial charge is 0.0574 e. The zero-order valence-electron chi connectivity index (χ0n) is 11.0. The Bertz CT molecular complexity index is 511. The first-order chi connectivity index (χ1) is 8.63. The lowest BCUT2D eigenvalue weighted by Crippen LogP contribution is -2.17. The Morgan fingerprint density at radius 2 is 1.50 bits per heavy atom. The molecule has 1 N–H and O–H groups in total. The van der Waals surface area contributed by atoms with E-state index in [4.69, 9.17) is 0 Å². The van der Waals surface area contributed by atoms with Crippen LogP contribution in [0.2, 0.25) is 0 Å². The molecular weight excluding hydrogens is 286 g/mol. The highest BCUT2D eigenvalue weighted by Crippen LogP contribution is 2.28. The van der Waals surface area contributed by atoms with Crippen LogP contribution in [-0.4, -0.2) is 7.05 Å². The highest BCUT2D eigenvalue weighted by atomic mass is 79.9. The van der Waals surface area contributed by atoms with Crippen molar-refractivity contribution in [3.8, 4) is 0 Å². The van der Waals surface area contributed by atoms with Gasteiger partial charge in [0.05, 0.1) is 6.04 Å². The van der Waals surface area contributed by atoms with E-state index in [1.165, 1.54) is 26.7 Å². The molecule has 0 aliphatic rings. The van der Waals surface area contributed by atoms with E-state index in [1.54, 1.807) is 0 Å². The maximum atomic E-state index is 3.62. The molecule has 0 aliphatic heterocycles. The largest absolute Gasteiger partial charge is 0.309 e. The third-order valence-corrected chi connectivity index (χ3v) is 4.46. The van der Waals surface area contributed by atoms with Gasteiger partial charge in [-0.15, -0.1) is 0 Å². The van der Waals surface area contributed by atoms with Crippen molar-refractivity contribution in [2.24, 2.45) is 0 Å². The van der Waals surface area contributed by atoms with Gasteiger partial charge in [-0.05, 0) is 43.1 Å². The average Bonchev–Trinajstić information content (AvgIpc) is 2.38. The van der Waals surface area contributed by atoms with Crippen molar-refractivity contribution in [2.45, 2.75) is 19.9 Å².